The SMILES string of the molecule is CN(C)c1ccc([C@H](CF)N2CCNCC2)c(Cl)c1.Cl.Cl. The molecule has 2 rings (SSSR count). The van der Waals surface area contributed by atoms with E-state index >= 15 is 0 Å². The second kappa shape index (κ2) is 9.70. The summed E-state index contributed by atoms with van der Waals surface area (Å²) < 4.78 is 13.4. The Morgan fingerprint density at radius 3 is 2.38 bits per heavy atom. The molecule has 7 heteroatoms. The van der Waals surface area contributed by atoms with Crippen molar-refractivity contribution in [2.24, 2.45) is 0 Å². The first-order valence-electron chi connectivity index (χ1n) is 6.61. The van der Waals surface area contributed by atoms with E-state index in [0.29, 0.717) is 5.02 Å². The first kappa shape index (κ1) is 20.7. The molecule has 1 fully saturated rings. The molecule has 1 saturated heterocycles. The van der Waals surface area contributed by atoms with Crippen LogP contribution < -0.4 is 10.2 Å². The summed E-state index contributed by atoms with van der Waals surface area (Å²) in [6.07, 6.45) is 0. The van der Waals surface area contributed by atoms with Crippen LogP contribution in [0.15, 0.2) is 18.2 Å². The second-order valence-corrected chi connectivity index (χ2v) is 5.46. The van der Waals surface area contributed by atoms with Crippen LogP contribution in [0.1, 0.15) is 11.6 Å². The van der Waals surface area contributed by atoms with Crippen LogP contribution in [0.5, 0.6) is 0 Å². The molecule has 0 bridgehead atoms. The van der Waals surface area contributed by atoms with Gasteiger partial charge in [0.1, 0.15) is 6.67 Å². The number of nitrogens with zero attached hydrogens (tertiary/aromatic N) is 2. The monoisotopic (exact) mass is 357 g/mol. The van der Waals surface area contributed by atoms with Crippen LogP contribution in [-0.4, -0.2) is 51.8 Å². The first-order chi connectivity index (χ1) is 9.13. The van der Waals surface area contributed by atoms with Crippen molar-refractivity contribution in [3.05, 3.63) is 28.8 Å². The molecule has 21 heavy (non-hydrogen) atoms. The molecule has 3 nitrogen and oxygen atoms in total. The number of halogens is 4. The third-order valence-electron chi connectivity index (χ3n) is 3.60. The van der Waals surface area contributed by atoms with Crippen LogP contribution in [0.4, 0.5) is 10.1 Å². The highest BCUT2D eigenvalue weighted by Crippen LogP contribution is 2.31. The minimum atomic E-state index is -0.402. The smallest absolute Gasteiger partial charge is 0.109 e. The number of alkyl halides is 1. The van der Waals surface area contributed by atoms with Crippen LogP contribution >= 0.6 is 36.4 Å². The summed E-state index contributed by atoms with van der Waals surface area (Å²) in [6, 6.07) is 5.61. The molecule has 0 spiro atoms. The molecule has 1 atom stereocenters. The lowest BCUT2D eigenvalue weighted by Crippen LogP contribution is -2.45. The second-order valence-electron chi connectivity index (χ2n) is 5.06. The van der Waals surface area contributed by atoms with Crippen molar-refractivity contribution in [1.82, 2.24) is 10.2 Å². The molecule has 1 aliphatic heterocycles. The highest BCUT2D eigenvalue weighted by molar-refractivity contribution is 6.31. The molecule has 0 aromatic heterocycles. The van der Waals surface area contributed by atoms with Gasteiger partial charge in [0, 0.05) is 51.0 Å². The number of anilines is 1. The first-order valence-corrected chi connectivity index (χ1v) is 6.98. The normalized spacial score (nSPS) is 16.6. The standard InChI is InChI=1S/C14H21ClFN3.2ClH/c1-18(2)11-3-4-12(13(15)9-11)14(10-16)19-7-5-17-6-8-19;;/h3-4,9,14,17H,5-8,10H2,1-2H3;2*1H/t14-;;/m0../s1. The van der Waals surface area contributed by atoms with Gasteiger partial charge in [0.15, 0.2) is 0 Å². The summed E-state index contributed by atoms with van der Waals surface area (Å²) in [5, 5.41) is 3.93. The minimum absolute atomic E-state index is 0. The van der Waals surface area contributed by atoms with Crippen molar-refractivity contribution < 1.29 is 4.39 Å². The molecule has 1 aromatic rings. The van der Waals surface area contributed by atoms with Crippen molar-refractivity contribution in [2.75, 3.05) is 51.8 Å². The van der Waals surface area contributed by atoms with E-state index in [9.17, 15) is 4.39 Å². The Balaban J connectivity index is 0.00000200. The Labute approximate surface area is 143 Å². The lowest BCUT2D eigenvalue weighted by Gasteiger charge is -2.34. The average Bonchev–Trinajstić information content (AvgIpc) is 2.42. The summed E-state index contributed by atoms with van der Waals surface area (Å²) in [6.45, 7) is 3.13. The number of nitrogens with one attached hydrogen (secondary N) is 1. The predicted octanol–water partition coefficient (Wildman–Crippen LogP) is 3.17. The van der Waals surface area contributed by atoms with Gasteiger partial charge in [0.25, 0.3) is 0 Å². The molecule has 0 unspecified atom stereocenters. The maximum absolute atomic E-state index is 13.4. The third-order valence-corrected chi connectivity index (χ3v) is 3.93. The van der Waals surface area contributed by atoms with E-state index in [0.717, 1.165) is 37.4 Å². The molecule has 122 valence electrons. The zero-order valence-corrected chi connectivity index (χ0v) is 14.7. The van der Waals surface area contributed by atoms with E-state index in [4.69, 9.17) is 11.6 Å². The van der Waals surface area contributed by atoms with Gasteiger partial charge in [-0.25, -0.2) is 4.39 Å². The van der Waals surface area contributed by atoms with Gasteiger partial charge in [-0.05, 0) is 17.7 Å². The largest absolute Gasteiger partial charge is 0.378 e. The fourth-order valence-corrected chi connectivity index (χ4v) is 2.74. The molecular formula is C14H23Cl3FN3. The van der Waals surface area contributed by atoms with Crippen molar-refractivity contribution >= 4 is 42.1 Å². The van der Waals surface area contributed by atoms with Crippen molar-refractivity contribution in [3.63, 3.8) is 0 Å². The molecule has 0 saturated carbocycles. The summed E-state index contributed by atoms with van der Waals surface area (Å²) >= 11 is 6.33. The van der Waals surface area contributed by atoms with E-state index in [1.807, 2.05) is 37.2 Å². The minimum Gasteiger partial charge on any atom is -0.378 e. The Morgan fingerprint density at radius 2 is 1.90 bits per heavy atom. The molecule has 1 aliphatic rings. The van der Waals surface area contributed by atoms with Gasteiger partial charge in [-0.15, -0.1) is 24.8 Å². The molecule has 1 heterocycles. The van der Waals surface area contributed by atoms with E-state index in [-0.39, 0.29) is 30.9 Å². The van der Waals surface area contributed by atoms with E-state index in [2.05, 4.69) is 10.2 Å². The van der Waals surface area contributed by atoms with Crippen LogP contribution in [0.2, 0.25) is 5.02 Å². The Bertz CT molecular complexity index is 426. The maximum Gasteiger partial charge on any atom is 0.109 e. The van der Waals surface area contributed by atoms with Crippen LogP contribution in [0.3, 0.4) is 0 Å². The fourth-order valence-electron chi connectivity index (χ4n) is 2.44. The van der Waals surface area contributed by atoms with Crippen molar-refractivity contribution in [1.29, 1.82) is 0 Å². The van der Waals surface area contributed by atoms with E-state index < -0.39 is 6.67 Å². The van der Waals surface area contributed by atoms with Crippen LogP contribution in [0, 0.1) is 0 Å². The summed E-state index contributed by atoms with van der Waals surface area (Å²) in [7, 11) is 3.93. The van der Waals surface area contributed by atoms with Crippen molar-refractivity contribution in [3.8, 4) is 0 Å². The number of rotatable bonds is 4. The molecule has 1 N–H and O–H groups in total. The molecule has 0 amide bonds. The third kappa shape index (κ3) is 5.15. The Kier molecular flexibility index (Phi) is 9.58. The van der Waals surface area contributed by atoms with Crippen molar-refractivity contribution in [2.45, 2.75) is 6.04 Å². The predicted molar refractivity (Wildman–Crippen MR) is 93.4 cm³/mol. The van der Waals surface area contributed by atoms with E-state index in [1.165, 1.54) is 0 Å². The number of piperazine rings is 1. The Morgan fingerprint density at radius 1 is 1.29 bits per heavy atom. The lowest BCUT2D eigenvalue weighted by molar-refractivity contribution is 0.147. The zero-order valence-electron chi connectivity index (χ0n) is 12.3. The van der Waals surface area contributed by atoms with Gasteiger partial charge < -0.3 is 10.2 Å². The summed E-state index contributed by atoms with van der Waals surface area (Å²) in [5.74, 6) is 0. The average molecular weight is 359 g/mol. The summed E-state index contributed by atoms with van der Waals surface area (Å²) in [5.41, 5.74) is 1.92. The molecule has 0 radical (unpaired) electrons. The maximum atomic E-state index is 13.4. The van der Waals surface area contributed by atoms with Gasteiger partial charge in [-0.1, -0.05) is 17.7 Å². The fraction of sp³-hybridized carbons (Fsp3) is 0.571. The molecule has 0 aliphatic carbocycles. The zero-order chi connectivity index (χ0) is 13.8. The summed E-state index contributed by atoms with van der Waals surface area (Å²) in [4.78, 5) is 4.15. The quantitative estimate of drug-likeness (QED) is 0.892. The highest BCUT2D eigenvalue weighted by atomic mass is 35.5. The van der Waals surface area contributed by atoms with Gasteiger partial charge in [0.05, 0.1) is 6.04 Å². The van der Waals surface area contributed by atoms with Gasteiger partial charge in [0.2, 0.25) is 0 Å². The van der Waals surface area contributed by atoms with Gasteiger partial charge >= 0.3 is 0 Å². The molecule has 1 aromatic carbocycles. The van der Waals surface area contributed by atoms with Crippen LogP contribution in [-0.2, 0) is 0 Å². The Hall–Kier alpha value is -0.260. The topological polar surface area (TPSA) is 18.5 Å². The number of benzene rings is 1. The number of hydrogen-bond acceptors (Lipinski definition) is 3. The highest BCUT2D eigenvalue weighted by Gasteiger charge is 2.24. The van der Waals surface area contributed by atoms with Gasteiger partial charge in [-0.3, -0.25) is 4.90 Å². The van der Waals surface area contributed by atoms with Crippen LogP contribution in [0.25, 0.3) is 0 Å². The lowest BCUT2D eigenvalue weighted by atomic mass is 10.0. The molecular weight excluding hydrogens is 336 g/mol. The number of hydrogen-bond donors (Lipinski definition) is 1. The van der Waals surface area contributed by atoms with Gasteiger partial charge in [-0.2, -0.15) is 0 Å². The van der Waals surface area contributed by atoms with E-state index in [1.54, 1.807) is 0 Å².